The Bertz CT molecular complexity index is 495. The summed E-state index contributed by atoms with van der Waals surface area (Å²) in [5, 5.41) is 7.22. The maximum Gasteiger partial charge on any atom is 0.159 e. The van der Waals surface area contributed by atoms with Crippen LogP contribution in [0.5, 0.6) is 0 Å². The van der Waals surface area contributed by atoms with Crippen LogP contribution in [0.4, 0.5) is 17.5 Å². The number of aryl methyl sites for hydroxylation is 1. The summed E-state index contributed by atoms with van der Waals surface area (Å²) < 4.78 is 2.35. The highest BCUT2D eigenvalue weighted by atomic mass is 79.9. The third-order valence-electron chi connectivity index (χ3n) is 1.89. The van der Waals surface area contributed by atoms with Crippen molar-refractivity contribution < 1.29 is 0 Å². The Morgan fingerprint density at radius 3 is 2.75 bits per heavy atom. The smallest absolute Gasteiger partial charge is 0.159 e. The Kier molecular flexibility index (Phi) is 3.02. The molecule has 2 aromatic rings. The van der Waals surface area contributed by atoms with E-state index in [2.05, 4.69) is 41.7 Å². The normalized spacial score (nSPS) is 10.2. The van der Waals surface area contributed by atoms with Crippen molar-refractivity contribution >= 4 is 33.4 Å². The van der Waals surface area contributed by atoms with Crippen LogP contribution in [0.2, 0.25) is 0 Å². The van der Waals surface area contributed by atoms with Gasteiger partial charge in [-0.25, -0.2) is 15.8 Å². The van der Waals surface area contributed by atoms with Gasteiger partial charge in [0.15, 0.2) is 17.5 Å². The van der Waals surface area contributed by atoms with Gasteiger partial charge in [0.2, 0.25) is 0 Å². The molecule has 0 atom stereocenters. The second-order valence-corrected chi connectivity index (χ2v) is 3.82. The number of hydrogen-bond donors (Lipinski definition) is 3. The minimum absolute atomic E-state index is 0.508. The molecule has 4 N–H and O–H groups in total. The van der Waals surface area contributed by atoms with Crippen LogP contribution >= 0.6 is 15.9 Å². The minimum Gasteiger partial charge on any atom is -0.322 e. The number of nitrogens with zero attached hydrogens (tertiary/aromatic N) is 4. The van der Waals surface area contributed by atoms with Crippen molar-refractivity contribution in [3.63, 3.8) is 0 Å². The highest BCUT2D eigenvalue weighted by Crippen LogP contribution is 2.27. The van der Waals surface area contributed by atoms with Gasteiger partial charge in [-0.05, 0) is 15.9 Å². The Labute approximate surface area is 100 Å². The van der Waals surface area contributed by atoms with E-state index in [9.17, 15) is 0 Å². The van der Waals surface area contributed by atoms with Crippen molar-refractivity contribution in [3.05, 3.63) is 23.1 Å². The van der Waals surface area contributed by atoms with E-state index in [1.807, 2.05) is 19.3 Å². The summed E-state index contributed by atoms with van der Waals surface area (Å²) in [5.41, 5.74) is 2.46. The Morgan fingerprint density at radius 1 is 1.38 bits per heavy atom. The van der Waals surface area contributed by atoms with Crippen LogP contribution in [0.25, 0.3) is 0 Å². The molecule has 0 amide bonds. The van der Waals surface area contributed by atoms with E-state index in [0.717, 1.165) is 0 Å². The molecular formula is C8H10BrN7. The SMILES string of the molecule is Cn1ccc(Nc2ncnc(NN)c2Br)n1. The lowest BCUT2D eigenvalue weighted by Crippen LogP contribution is -2.10. The van der Waals surface area contributed by atoms with Crippen LogP contribution < -0.4 is 16.6 Å². The van der Waals surface area contributed by atoms with Crippen LogP contribution in [-0.2, 0) is 7.05 Å². The summed E-state index contributed by atoms with van der Waals surface area (Å²) in [6.45, 7) is 0. The molecule has 7 nitrogen and oxygen atoms in total. The van der Waals surface area contributed by atoms with E-state index < -0.39 is 0 Å². The van der Waals surface area contributed by atoms with Crippen molar-refractivity contribution in [1.82, 2.24) is 19.7 Å². The van der Waals surface area contributed by atoms with Gasteiger partial charge in [-0.3, -0.25) is 4.68 Å². The fourth-order valence-electron chi connectivity index (χ4n) is 1.16. The number of rotatable bonds is 3. The number of aromatic nitrogens is 4. The summed E-state index contributed by atoms with van der Waals surface area (Å²) in [4.78, 5) is 8.02. The molecule has 2 rings (SSSR count). The summed E-state index contributed by atoms with van der Waals surface area (Å²) >= 11 is 3.34. The second kappa shape index (κ2) is 4.45. The molecule has 2 heterocycles. The molecule has 0 aliphatic heterocycles. The molecule has 0 saturated carbocycles. The minimum atomic E-state index is 0.508. The molecule has 0 aliphatic carbocycles. The second-order valence-electron chi connectivity index (χ2n) is 3.03. The summed E-state index contributed by atoms with van der Waals surface area (Å²) in [5.74, 6) is 7.10. The topological polar surface area (TPSA) is 93.7 Å². The Balaban J connectivity index is 2.28. The molecule has 0 spiro atoms. The first kappa shape index (κ1) is 10.8. The summed E-state index contributed by atoms with van der Waals surface area (Å²) in [6.07, 6.45) is 3.24. The van der Waals surface area contributed by atoms with Crippen LogP contribution in [-0.4, -0.2) is 19.7 Å². The van der Waals surface area contributed by atoms with Crippen LogP contribution in [0, 0.1) is 0 Å². The fraction of sp³-hybridized carbons (Fsp3) is 0.125. The van der Waals surface area contributed by atoms with E-state index in [4.69, 9.17) is 5.84 Å². The molecule has 84 valence electrons. The molecule has 0 saturated heterocycles. The Hall–Kier alpha value is -1.67. The number of anilines is 3. The maximum atomic E-state index is 5.30. The van der Waals surface area contributed by atoms with E-state index >= 15 is 0 Å². The van der Waals surface area contributed by atoms with Gasteiger partial charge >= 0.3 is 0 Å². The van der Waals surface area contributed by atoms with Crippen molar-refractivity contribution in [1.29, 1.82) is 0 Å². The third-order valence-corrected chi connectivity index (χ3v) is 2.64. The average Bonchev–Trinajstić information content (AvgIpc) is 2.67. The van der Waals surface area contributed by atoms with Gasteiger partial charge in [0.1, 0.15) is 10.8 Å². The molecule has 8 heteroatoms. The first-order chi connectivity index (χ1) is 7.70. The van der Waals surface area contributed by atoms with Gasteiger partial charge in [0.25, 0.3) is 0 Å². The highest BCUT2D eigenvalue weighted by molar-refractivity contribution is 9.10. The van der Waals surface area contributed by atoms with Crippen molar-refractivity contribution in [2.75, 3.05) is 10.7 Å². The summed E-state index contributed by atoms with van der Waals surface area (Å²) in [7, 11) is 1.84. The summed E-state index contributed by atoms with van der Waals surface area (Å²) in [6, 6.07) is 1.84. The van der Waals surface area contributed by atoms with Crippen molar-refractivity contribution in [3.8, 4) is 0 Å². The zero-order chi connectivity index (χ0) is 11.5. The number of nitrogens with two attached hydrogens (primary N) is 1. The third kappa shape index (κ3) is 2.12. The molecular weight excluding hydrogens is 274 g/mol. The van der Waals surface area contributed by atoms with Crippen molar-refractivity contribution in [2.24, 2.45) is 12.9 Å². The number of halogens is 1. The molecule has 2 aromatic heterocycles. The lowest BCUT2D eigenvalue weighted by atomic mass is 10.5. The van der Waals surface area contributed by atoms with Gasteiger partial charge in [-0.2, -0.15) is 5.10 Å². The standard InChI is InChI=1S/C8H10BrN7/c1-16-3-2-5(15-16)13-7-6(9)8(14-10)12-4-11-7/h2-4H,10H2,1H3,(H2,11,12,13,14,15). The monoisotopic (exact) mass is 283 g/mol. The molecule has 0 bridgehead atoms. The zero-order valence-electron chi connectivity index (χ0n) is 8.48. The number of nitrogens with one attached hydrogen (secondary N) is 2. The molecule has 0 unspecified atom stereocenters. The van der Waals surface area contributed by atoms with E-state index in [-0.39, 0.29) is 0 Å². The van der Waals surface area contributed by atoms with Crippen LogP contribution in [0.15, 0.2) is 23.1 Å². The van der Waals surface area contributed by atoms with Gasteiger partial charge in [-0.15, -0.1) is 0 Å². The fourth-order valence-corrected chi connectivity index (χ4v) is 1.58. The maximum absolute atomic E-state index is 5.30. The quantitative estimate of drug-likeness (QED) is 0.575. The van der Waals surface area contributed by atoms with E-state index in [0.29, 0.717) is 21.9 Å². The van der Waals surface area contributed by atoms with Crippen LogP contribution in [0.1, 0.15) is 0 Å². The Morgan fingerprint density at radius 2 is 2.12 bits per heavy atom. The molecule has 0 fully saturated rings. The molecule has 0 radical (unpaired) electrons. The van der Waals surface area contributed by atoms with Crippen LogP contribution in [0.3, 0.4) is 0 Å². The van der Waals surface area contributed by atoms with E-state index in [1.54, 1.807) is 4.68 Å². The predicted octanol–water partition coefficient (Wildman–Crippen LogP) is 1.00. The van der Waals surface area contributed by atoms with Gasteiger partial charge < -0.3 is 10.7 Å². The number of nitrogen functional groups attached to an aromatic ring is 1. The predicted molar refractivity (Wildman–Crippen MR) is 64.0 cm³/mol. The molecule has 0 aromatic carbocycles. The average molecular weight is 284 g/mol. The van der Waals surface area contributed by atoms with Crippen molar-refractivity contribution in [2.45, 2.75) is 0 Å². The van der Waals surface area contributed by atoms with Gasteiger partial charge in [-0.1, -0.05) is 0 Å². The lowest BCUT2D eigenvalue weighted by molar-refractivity contribution is 0.771. The largest absolute Gasteiger partial charge is 0.322 e. The number of hydrogen-bond acceptors (Lipinski definition) is 6. The molecule has 0 aliphatic rings. The first-order valence-electron chi connectivity index (χ1n) is 4.44. The first-order valence-corrected chi connectivity index (χ1v) is 5.24. The highest BCUT2D eigenvalue weighted by Gasteiger charge is 2.08. The van der Waals surface area contributed by atoms with Gasteiger partial charge in [0.05, 0.1) is 0 Å². The van der Waals surface area contributed by atoms with Gasteiger partial charge in [0, 0.05) is 19.3 Å². The number of hydrazine groups is 1. The lowest BCUT2D eigenvalue weighted by Gasteiger charge is -2.07. The zero-order valence-corrected chi connectivity index (χ0v) is 10.1. The molecule has 16 heavy (non-hydrogen) atoms. The van der Waals surface area contributed by atoms with E-state index in [1.165, 1.54) is 6.33 Å².